The molecule has 0 fully saturated rings. The van der Waals surface area contributed by atoms with Crippen molar-refractivity contribution in [1.82, 2.24) is 29.9 Å². The summed E-state index contributed by atoms with van der Waals surface area (Å²) >= 11 is 0. The normalized spacial score (nSPS) is 11.5. The van der Waals surface area contributed by atoms with Crippen molar-refractivity contribution in [3.63, 3.8) is 0 Å². The van der Waals surface area contributed by atoms with Crippen LogP contribution in [0.25, 0.3) is 0 Å². The molecule has 0 saturated carbocycles. The van der Waals surface area contributed by atoms with Gasteiger partial charge in [-0.1, -0.05) is 5.21 Å². The largest absolute Gasteiger partial charge is 0.457 e. The van der Waals surface area contributed by atoms with Crippen LogP contribution < -0.4 is 4.74 Å². The maximum Gasteiger partial charge on any atom is 0.316 e. The number of nitrogens with zero attached hydrogens (tertiary/aromatic N) is 6. The maximum atomic E-state index is 13.3. The molecule has 3 heterocycles. The van der Waals surface area contributed by atoms with Crippen LogP contribution in [-0.4, -0.2) is 29.9 Å². The van der Waals surface area contributed by atoms with Gasteiger partial charge in [0.2, 0.25) is 0 Å². The van der Waals surface area contributed by atoms with Crippen LogP contribution >= 0.6 is 0 Å². The molecule has 0 aliphatic heterocycles. The summed E-state index contributed by atoms with van der Waals surface area (Å²) in [6.07, 6.45) is 7.49. The SMILES string of the molecule is CC(F)(F)c1cncc(Cn2cc(COc3ncccn3)nn2)c1. The van der Waals surface area contributed by atoms with Gasteiger partial charge in [0.05, 0.1) is 12.7 Å². The van der Waals surface area contributed by atoms with E-state index in [1.807, 2.05) is 0 Å². The van der Waals surface area contributed by atoms with Crippen molar-refractivity contribution in [2.24, 2.45) is 0 Å². The van der Waals surface area contributed by atoms with Gasteiger partial charge in [-0.15, -0.1) is 5.10 Å². The molecular formula is C15H14F2N6O. The van der Waals surface area contributed by atoms with E-state index in [1.165, 1.54) is 16.9 Å². The topological polar surface area (TPSA) is 78.6 Å². The zero-order chi connectivity index (χ0) is 17.0. The number of hydrogen-bond donors (Lipinski definition) is 0. The lowest BCUT2D eigenvalue weighted by Gasteiger charge is -2.11. The number of ether oxygens (including phenoxy) is 1. The van der Waals surface area contributed by atoms with Crippen LogP contribution in [0.4, 0.5) is 8.78 Å². The smallest absolute Gasteiger partial charge is 0.316 e. The van der Waals surface area contributed by atoms with Gasteiger partial charge in [-0.25, -0.2) is 23.4 Å². The molecule has 7 nitrogen and oxygen atoms in total. The Kier molecular flexibility index (Phi) is 4.41. The zero-order valence-corrected chi connectivity index (χ0v) is 12.8. The third kappa shape index (κ3) is 4.06. The summed E-state index contributed by atoms with van der Waals surface area (Å²) in [7, 11) is 0. The van der Waals surface area contributed by atoms with Gasteiger partial charge in [-0.05, 0) is 17.7 Å². The minimum Gasteiger partial charge on any atom is -0.457 e. The second-order valence-electron chi connectivity index (χ2n) is 5.20. The molecule has 0 spiro atoms. The highest BCUT2D eigenvalue weighted by molar-refractivity contribution is 5.21. The fraction of sp³-hybridized carbons (Fsp3) is 0.267. The van der Waals surface area contributed by atoms with Crippen molar-refractivity contribution in [3.05, 3.63) is 59.9 Å². The Morgan fingerprint density at radius 3 is 2.75 bits per heavy atom. The fourth-order valence-corrected chi connectivity index (χ4v) is 1.98. The molecular weight excluding hydrogens is 318 g/mol. The quantitative estimate of drug-likeness (QED) is 0.688. The highest BCUT2D eigenvalue weighted by Crippen LogP contribution is 2.26. The summed E-state index contributed by atoms with van der Waals surface area (Å²) in [5.74, 6) is -2.93. The van der Waals surface area contributed by atoms with Gasteiger partial charge >= 0.3 is 6.01 Å². The van der Waals surface area contributed by atoms with E-state index in [4.69, 9.17) is 4.74 Å². The fourth-order valence-electron chi connectivity index (χ4n) is 1.98. The Hall–Kier alpha value is -2.97. The molecule has 124 valence electrons. The van der Waals surface area contributed by atoms with Crippen LogP contribution in [0.3, 0.4) is 0 Å². The first-order chi connectivity index (χ1) is 11.5. The Morgan fingerprint density at radius 2 is 2.00 bits per heavy atom. The summed E-state index contributed by atoms with van der Waals surface area (Å²) in [5, 5.41) is 7.91. The first-order valence-corrected chi connectivity index (χ1v) is 7.12. The molecule has 0 saturated heterocycles. The Balaban J connectivity index is 1.64. The number of hydrogen-bond acceptors (Lipinski definition) is 6. The molecule has 0 radical (unpaired) electrons. The van der Waals surface area contributed by atoms with Crippen molar-refractivity contribution in [2.75, 3.05) is 0 Å². The van der Waals surface area contributed by atoms with Crippen molar-refractivity contribution in [2.45, 2.75) is 26.0 Å². The summed E-state index contributed by atoms with van der Waals surface area (Å²) in [6, 6.07) is 3.34. The molecule has 0 aromatic carbocycles. The second-order valence-corrected chi connectivity index (χ2v) is 5.20. The van der Waals surface area contributed by atoms with E-state index >= 15 is 0 Å². The number of pyridine rings is 1. The summed E-state index contributed by atoms with van der Waals surface area (Å²) in [4.78, 5) is 11.7. The number of alkyl halides is 2. The predicted octanol–water partition coefficient (Wildman–Crippen LogP) is 2.20. The van der Waals surface area contributed by atoms with E-state index in [1.54, 1.807) is 24.7 Å². The van der Waals surface area contributed by atoms with E-state index in [0.29, 0.717) is 11.3 Å². The molecule has 0 N–H and O–H groups in total. The van der Waals surface area contributed by atoms with Gasteiger partial charge in [0.15, 0.2) is 0 Å². The van der Waals surface area contributed by atoms with Gasteiger partial charge < -0.3 is 4.74 Å². The van der Waals surface area contributed by atoms with E-state index < -0.39 is 5.92 Å². The standard InChI is InChI=1S/C15H14F2N6O/c1-15(16,17)12-5-11(6-18-7-12)8-23-9-13(21-22-23)10-24-14-19-3-2-4-20-14/h2-7,9H,8,10H2,1H3. The highest BCUT2D eigenvalue weighted by Gasteiger charge is 2.24. The molecule has 3 aromatic rings. The lowest BCUT2D eigenvalue weighted by Crippen LogP contribution is -2.09. The zero-order valence-electron chi connectivity index (χ0n) is 12.8. The molecule has 0 atom stereocenters. The summed E-state index contributed by atoms with van der Waals surface area (Å²) < 4.78 is 33.6. The molecule has 3 aromatic heterocycles. The van der Waals surface area contributed by atoms with Crippen molar-refractivity contribution in [1.29, 1.82) is 0 Å². The second kappa shape index (κ2) is 6.65. The number of rotatable bonds is 6. The minimum atomic E-state index is -2.93. The van der Waals surface area contributed by atoms with Crippen LogP contribution in [0, 0.1) is 0 Å². The molecule has 9 heteroatoms. The van der Waals surface area contributed by atoms with Crippen molar-refractivity contribution in [3.8, 4) is 6.01 Å². The highest BCUT2D eigenvalue weighted by atomic mass is 19.3. The van der Waals surface area contributed by atoms with Crippen LogP contribution in [0.5, 0.6) is 6.01 Å². The Morgan fingerprint density at radius 1 is 1.21 bits per heavy atom. The van der Waals surface area contributed by atoms with Crippen molar-refractivity contribution < 1.29 is 13.5 Å². The summed E-state index contributed by atoms with van der Waals surface area (Å²) in [5.41, 5.74) is 1.05. The molecule has 0 unspecified atom stereocenters. The van der Waals surface area contributed by atoms with Gasteiger partial charge in [-0.2, -0.15) is 0 Å². The maximum absolute atomic E-state index is 13.3. The van der Waals surface area contributed by atoms with Gasteiger partial charge in [0.25, 0.3) is 5.92 Å². The minimum absolute atomic E-state index is 0.134. The summed E-state index contributed by atoms with van der Waals surface area (Å²) in [6.45, 7) is 1.28. The van der Waals surface area contributed by atoms with Crippen LogP contribution in [0.1, 0.15) is 23.7 Å². The molecule has 3 rings (SSSR count). The first-order valence-electron chi connectivity index (χ1n) is 7.12. The monoisotopic (exact) mass is 332 g/mol. The Labute approximate surface area is 136 Å². The van der Waals surface area contributed by atoms with E-state index in [9.17, 15) is 8.78 Å². The predicted molar refractivity (Wildman–Crippen MR) is 79.3 cm³/mol. The molecule has 24 heavy (non-hydrogen) atoms. The number of aromatic nitrogens is 6. The molecule has 0 bridgehead atoms. The lowest BCUT2D eigenvalue weighted by atomic mass is 10.1. The Bertz CT molecular complexity index is 803. The average Bonchev–Trinajstić information content (AvgIpc) is 3.01. The van der Waals surface area contributed by atoms with Gasteiger partial charge in [0, 0.05) is 37.3 Å². The van der Waals surface area contributed by atoms with Crippen LogP contribution in [0.2, 0.25) is 0 Å². The molecule has 0 aliphatic carbocycles. The molecule has 0 amide bonds. The van der Waals surface area contributed by atoms with Gasteiger partial charge in [0.1, 0.15) is 12.3 Å². The third-order valence-electron chi connectivity index (χ3n) is 3.12. The van der Waals surface area contributed by atoms with Crippen molar-refractivity contribution >= 4 is 0 Å². The van der Waals surface area contributed by atoms with E-state index in [-0.39, 0.29) is 24.7 Å². The average molecular weight is 332 g/mol. The third-order valence-corrected chi connectivity index (χ3v) is 3.12. The van der Waals surface area contributed by atoms with E-state index in [2.05, 4.69) is 25.3 Å². The molecule has 0 aliphatic rings. The lowest BCUT2D eigenvalue weighted by molar-refractivity contribution is 0.0170. The van der Waals surface area contributed by atoms with Crippen LogP contribution in [0.15, 0.2) is 43.1 Å². The van der Waals surface area contributed by atoms with Crippen LogP contribution in [-0.2, 0) is 19.1 Å². The number of halogens is 2. The van der Waals surface area contributed by atoms with E-state index in [0.717, 1.165) is 13.1 Å². The van der Waals surface area contributed by atoms with Gasteiger partial charge in [-0.3, -0.25) is 4.98 Å². The first kappa shape index (κ1) is 15.9.